The number of nitrogens with one attached hydrogen (secondary N) is 1. The van der Waals surface area contributed by atoms with Crippen molar-refractivity contribution >= 4 is 23.2 Å². The summed E-state index contributed by atoms with van der Waals surface area (Å²) in [4.78, 5) is 24.0. The van der Waals surface area contributed by atoms with Crippen molar-refractivity contribution in [2.24, 2.45) is 0 Å². The third-order valence-corrected chi connectivity index (χ3v) is 4.72. The normalized spacial score (nSPS) is 12.6. The zero-order chi connectivity index (χ0) is 18.6. The van der Waals surface area contributed by atoms with Gasteiger partial charge in [0.05, 0.1) is 18.0 Å². The highest BCUT2D eigenvalue weighted by Crippen LogP contribution is 2.32. The predicted molar refractivity (Wildman–Crippen MR) is 87.6 cm³/mol. The van der Waals surface area contributed by atoms with Crippen LogP contribution in [0.5, 0.6) is 0 Å². The van der Waals surface area contributed by atoms with E-state index in [4.69, 9.17) is 5.11 Å². The fourth-order valence-electron chi connectivity index (χ4n) is 2.39. The lowest BCUT2D eigenvalue weighted by molar-refractivity contribution is -0.137. The third-order valence-electron chi connectivity index (χ3n) is 3.65. The standard InChI is InChI=1S/C17H16F3NO3S/c1-2-13(10-4-3-5-11(8-10)17(18,19)20)15(22)21-9-12-6-7-14(25-12)16(23)24/h3-8,13H,2,9H2,1H3,(H,21,22)(H,23,24). The lowest BCUT2D eigenvalue weighted by atomic mass is 9.94. The third kappa shape index (κ3) is 4.82. The fraction of sp³-hybridized carbons (Fsp3) is 0.294. The first-order valence-electron chi connectivity index (χ1n) is 7.49. The maximum Gasteiger partial charge on any atom is 0.416 e. The Morgan fingerprint density at radius 3 is 2.52 bits per heavy atom. The number of amides is 1. The Balaban J connectivity index is 2.09. The minimum Gasteiger partial charge on any atom is -0.477 e. The first kappa shape index (κ1) is 19.0. The number of carboxylic acids is 1. The van der Waals surface area contributed by atoms with Gasteiger partial charge in [0.25, 0.3) is 0 Å². The van der Waals surface area contributed by atoms with Crippen molar-refractivity contribution in [3.8, 4) is 0 Å². The molecule has 0 bridgehead atoms. The molecule has 1 unspecified atom stereocenters. The number of thiophene rings is 1. The van der Waals surface area contributed by atoms with Crippen molar-refractivity contribution in [2.45, 2.75) is 32.0 Å². The number of halogens is 3. The molecule has 1 heterocycles. The second kappa shape index (κ2) is 7.69. The summed E-state index contributed by atoms with van der Waals surface area (Å²) in [7, 11) is 0. The van der Waals surface area contributed by atoms with Gasteiger partial charge in [-0.05, 0) is 30.2 Å². The highest BCUT2D eigenvalue weighted by molar-refractivity contribution is 7.13. The lowest BCUT2D eigenvalue weighted by Crippen LogP contribution is -2.28. The van der Waals surface area contributed by atoms with E-state index in [1.807, 2.05) is 0 Å². The van der Waals surface area contributed by atoms with Crippen LogP contribution < -0.4 is 5.32 Å². The van der Waals surface area contributed by atoms with Gasteiger partial charge in [0.2, 0.25) is 5.91 Å². The summed E-state index contributed by atoms with van der Waals surface area (Å²) in [6, 6.07) is 7.77. The Bertz CT molecular complexity index is 770. The minimum atomic E-state index is -4.46. The van der Waals surface area contributed by atoms with Crippen LogP contribution in [0.15, 0.2) is 36.4 Å². The van der Waals surface area contributed by atoms with Crippen molar-refractivity contribution in [3.05, 3.63) is 57.3 Å². The van der Waals surface area contributed by atoms with E-state index in [1.165, 1.54) is 18.2 Å². The molecular formula is C17H16F3NO3S. The Morgan fingerprint density at radius 2 is 1.96 bits per heavy atom. The molecule has 2 aromatic rings. The SMILES string of the molecule is CCC(C(=O)NCc1ccc(C(=O)O)s1)c1cccc(C(F)(F)F)c1. The average Bonchev–Trinajstić information content (AvgIpc) is 3.02. The van der Waals surface area contributed by atoms with Gasteiger partial charge in [-0.3, -0.25) is 4.79 Å². The van der Waals surface area contributed by atoms with Gasteiger partial charge in [0.15, 0.2) is 0 Å². The van der Waals surface area contributed by atoms with E-state index in [2.05, 4.69) is 5.32 Å². The molecular weight excluding hydrogens is 355 g/mol. The molecule has 0 saturated heterocycles. The zero-order valence-corrected chi connectivity index (χ0v) is 14.1. The first-order chi connectivity index (χ1) is 11.7. The lowest BCUT2D eigenvalue weighted by Gasteiger charge is -2.17. The van der Waals surface area contributed by atoms with Crippen LogP contribution in [0.25, 0.3) is 0 Å². The zero-order valence-electron chi connectivity index (χ0n) is 13.3. The quantitative estimate of drug-likeness (QED) is 0.797. The van der Waals surface area contributed by atoms with Gasteiger partial charge >= 0.3 is 12.1 Å². The molecule has 1 amide bonds. The summed E-state index contributed by atoms with van der Waals surface area (Å²) in [6.45, 7) is 1.85. The van der Waals surface area contributed by atoms with E-state index >= 15 is 0 Å². The van der Waals surface area contributed by atoms with E-state index in [1.54, 1.807) is 13.0 Å². The summed E-state index contributed by atoms with van der Waals surface area (Å²) >= 11 is 1.04. The second-order valence-electron chi connectivity index (χ2n) is 5.37. The molecule has 1 aromatic heterocycles. The van der Waals surface area contributed by atoms with Gasteiger partial charge in [-0.1, -0.05) is 25.1 Å². The largest absolute Gasteiger partial charge is 0.477 e. The molecule has 0 fully saturated rings. The number of carbonyl (C=O) groups excluding carboxylic acids is 1. The second-order valence-corrected chi connectivity index (χ2v) is 6.54. The molecule has 0 spiro atoms. The van der Waals surface area contributed by atoms with Crippen molar-refractivity contribution < 1.29 is 27.9 Å². The molecule has 25 heavy (non-hydrogen) atoms. The van der Waals surface area contributed by atoms with Crippen LogP contribution in [0, 0.1) is 0 Å². The minimum absolute atomic E-state index is 0.131. The van der Waals surface area contributed by atoms with E-state index in [-0.39, 0.29) is 11.4 Å². The van der Waals surface area contributed by atoms with Crippen LogP contribution in [0.3, 0.4) is 0 Å². The van der Waals surface area contributed by atoms with E-state index in [9.17, 15) is 22.8 Å². The molecule has 0 radical (unpaired) electrons. The van der Waals surface area contributed by atoms with Gasteiger partial charge in [0, 0.05) is 4.88 Å². The highest BCUT2D eigenvalue weighted by atomic mass is 32.1. The maximum absolute atomic E-state index is 12.8. The van der Waals surface area contributed by atoms with Crippen LogP contribution >= 0.6 is 11.3 Å². The summed E-state index contributed by atoms with van der Waals surface area (Å²) in [5.74, 6) is -2.15. The molecule has 0 aliphatic rings. The molecule has 0 saturated carbocycles. The molecule has 2 rings (SSSR count). The Kier molecular flexibility index (Phi) is 5.84. The number of hydrogen-bond donors (Lipinski definition) is 2. The summed E-state index contributed by atoms with van der Waals surface area (Å²) < 4.78 is 38.5. The topological polar surface area (TPSA) is 66.4 Å². The highest BCUT2D eigenvalue weighted by Gasteiger charge is 2.31. The number of alkyl halides is 3. The van der Waals surface area contributed by atoms with E-state index < -0.39 is 29.5 Å². The number of rotatable bonds is 6. The summed E-state index contributed by atoms with van der Waals surface area (Å²) in [5, 5.41) is 11.5. The van der Waals surface area contributed by atoms with E-state index in [0.29, 0.717) is 16.9 Å². The number of aromatic carboxylic acids is 1. The van der Waals surface area contributed by atoms with Crippen LogP contribution in [0.1, 0.15) is 44.9 Å². The van der Waals surface area contributed by atoms with Gasteiger partial charge in [-0.15, -0.1) is 11.3 Å². The predicted octanol–water partition coefficient (Wildman–Crippen LogP) is 4.28. The number of hydrogen-bond acceptors (Lipinski definition) is 3. The molecule has 4 nitrogen and oxygen atoms in total. The van der Waals surface area contributed by atoms with Crippen molar-refractivity contribution in [1.29, 1.82) is 0 Å². The van der Waals surface area contributed by atoms with Gasteiger partial charge in [0.1, 0.15) is 4.88 Å². The summed E-state index contributed by atoms with van der Waals surface area (Å²) in [6.07, 6.45) is -4.12. The Morgan fingerprint density at radius 1 is 1.24 bits per heavy atom. The molecule has 0 aliphatic carbocycles. The molecule has 8 heteroatoms. The maximum atomic E-state index is 12.8. The van der Waals surface area contributed by atoms with Crippen LogP contribution in [-0.4, -0.2) is 17.0 Å². The van der Waals surface area contributed by atoms with Gasteiger partial charge in [-0.2, -0.15) is 13.2 Å². The molecule has 1 atom stereocenters. The van der Waals surface area contributed by atoms with Crippen LogP contribution in [0.2, 0.25) is 0 Å². The smallest absolute Gasteiger partial charge is 0.416 e. The van der Waals surface area contributed by atoms with Crippen LogP contribution in [-0.2, 0) is 17.5 Å². The average molecular weight is 371 g/mol. The molecule has 1 aromatic carbocycles. The Labute approximate surface area is 146 Å². The van der Waals surface area contributed by atoms with Crippen molar-refractivity contribution in [1.82, 2.24) is 5.32 Å². The summed E-state index contributed by atoms with van der Waals surface area (Å²) in [5.41, 5.74) is -0.493. The van der Waals surface area contributed by atoms with Gasteiger partial charge in [-0.25, -0.2) is 4.79 Å². The number of carboxylic acid groups (broad SMARTS) is 1. The van der Waals surface area contributed by atoms with Crippen molar-refractivity contribution in [2.75, 3.05) is 0 Å². The molecule has 2 N–H and O–H groups in total. The first-order valence-corrected chi connectivity index (χ1v) is 8.31. The fourth-order valence-corrected chi connectivity index (χ4v) is 3.18. The molecule has 134 valence electrons. The van der Waals surface area contributed by atoms with Gasteiger partial charge < -0.3 is 10.4 Å². The number of benzene rings is 1. The van der Waals surface area contributed by atoms with Crippen molar-refractivity contribution in [3.63, 3.8) is 0 Å². The molecule has 0 aliphatic heterocycles. The Hall–Kier alpha value is -2.35. The monoisotopic (exact) mass is 371 g/mol. The van der Waals surface area contributed by atoms with E-state index in [0.717, 1.165) is 23.5 Å². The number of carbonyl (C=O) groups is 2. The van der Waals surface area contributed by atoms with Crippen LogP contribution in [0.4, 0.5) is 13.2 Å².